The van der Waals surface area contributed by atoms with Crippen molar-refractivity contribution < 1.29 is 4.74 Å². The van der Waals surface area contributed by atoms with Crippen LogP contribution >= 0.6 is 12.6 Å². The summed E-state index contributed by atoms with van der Waals surface area (Å²) < 4.78 is 4.83. The Balaban J connectivity index is 3.16. The van der Waals surface area contributed by atoms with Crippen molar-refractivity contribution in [3.8, 4) is 0 Å². The normalized spacial score (nSPS) is 12.0. The number of ether oxygens (including phenoxy) is 1. The molecule has 0 spiro atoms. The predicted octanol–water partition coefficient (Wildman–Crippen LogP) is 0.310. The van der Waals surface area contributed by atoms with Crippen LogP contribution in [-0.2, 0) is 4.74 Å². The Labute approximate surface area is 67.1 Å². The Morgan fingerprint density at radius 1 is 1.70 bits per heavy atom. The van der Waals surface area contributed by atoms with E-state index >= 15 is 0 Å². The maximum Gasteiger partial charge on any atom is 0.103 e. The highest BCUT2D eigenvalue weighted by molar-refractivity contribution is 7.81. The Kier molecular flexibility index (Phi) is 6.74. The van der Waals surface area contributed by atoms with Gasteiger partial charge in [-0.25, -0.2) is 0 Å². The fourth-order valence-electron chi connectivity index (χ4n) is 0.482. The van der Waals surface area contributed by atoms with Gasteiger partial charge < -0.3 is 10.5 Å². The van der Waals surface area contributed by atoms with Gasteiger partial charge in [-0.05, 0) is 6.42 Å². The molecule has 0 rings (SSSR count). The summed E-state index contributed by atoms with van der Waals surface area (Å²) in [4.78, 5) is 4.02. The highest BCUT2D eigenvalue weighted by Crippen LogP contribution is 1.83. The Morgan fingerprint density at radius 3 is 2.90 bits per heavy atom. The molecule has 0 aromatic heterocycles. The number of hydrogen-bond donors (Lipinski definition) is 2. The first kappa shape index (κ1) is 9.78. The van der Waals surface area contributed by atoms with Crippen molar-refractivity contribution in [2.45, 2.75) is 6.42 Å². The average molecular weight is 162 g/mol. The molecule has 0 aliphatic carbocycles. The molecule has 3 nitrogen and oxygen atoms in total. The molecule has 0 saturated carbocycles. The molecular weight excluding hydrogens is 148 g/mol. The highest BCUT2D eigenvalue weighted by atomic mass is 32.1. The lowest BCUT2D eigenvalue weighted by molar-refractivity contribution is 0.197. The summed E-state index contributed by atoms with van der Waals surface area (Å²) >= 11 is 3.95. The summed E-state index contributed by atoms with van der Waals surface area (Å²) in [5.74, 6) is 1.13. The van der Waals surface area contributed by atoms with Gasteiger partial charge in [-0.3, -0.25) is 4.99 Å². The first-order valence-electron chi connectivity index (χ1n) is 3.20. The fourth-order valence-corrected chi connectivity index (χ4v) is 0.582. The smallest absolute Gasteiger partial charge is 0.103 e. The Bertz CT molecular complexity index is 106. The van der Waals surface area contributed by atoms with Gasteiger partial charge in [0.05, 0.1) is 0 Å². The molecule has 4 heteroatoms. The van der Waals surface area contributed by atoms with Crippen LogP contribution in [0.3, 0.4) is 0 Å². The molecule has 0 radical (unpaired) electrons. The van der Waals surface area contributed by atoms with Gasteiger partial charge in [-0.1, -0.05) is 0 Å². The van der Waals surface area contributed by atoms with Crippen molar-refractivity contribution in [2.75, 3.05) is 26.0 Å². The van der Waals surface area contributed by atoms with E-state index < -0.39 is 0 Å². The maximum absolute atomic E-state index is 5.39. The number of nitrogens with two attached hydrogens (primary N) is 1. The quantitative estimate of drug-likeness (QED) is 0.264. The number of methoxy groups -OCH3 is 1. The van der Waals surface area contributed by atoms with Crippen LogP contribution in [0.1, 0.15) is 6.42 Å². The van der Waals surface area contributed by atoms with Crippen LogP contribution in [0.15, 0.2) is 4.99 Å². The van der Waals surface area contributed by atoms with Crippen molar-refractivity contribution >= 4 is 18.5 Å². The lowest BCUT2D eigenvalue weighted by Crippen LogP contribution is -2.14. The largest absolute Gasteiger partial charge is 0.387 e. The van der Waals surface area contributed by atoms with Gasteiger partial charge in [0.15, 0.2) is 0 Å². The van der Waals surface area contributed by atoms with Crippen LogP contribution in [0.2, 0.25) is 0 Å². The minimum atomic E-state index is 0.535. The Morgan fingerprint density at radius 2 is 2.40 bits per heavy atom. The fraction of sp³-hybridized carbons (Fsp3) is 0.833. The van der Waals surface area contributed by atoms with E-state index in [0.29, 0.717) is 11.6 Å². The molecule has 60 valence electrons. The second kappa shape index (κ2) is 6.89. The number of thiol groups is 1. The molecule has 0 aromatic carbocycles. The van der Waals surface area contributed by atoms with E-state index in [1.165, 1.54) is 0 Å². The molecule has 10 heavy (non-hydrogen) atoms. The lowest BCUT2D eigenvalue weighted by atomic mass is 10.4. The van der Waals surface area contributed by atoms with Crippen LogP contribution in [0, 0.1) is 0 Å². The topological polar surface area (TPSA) is 47.6 Å². The molecule has 0 heterocycles. The highest BCUT2D eigenvalue weighted by Gasteiger charge is 1.86. The monoisotopic (exact) mass is 162 g/mol. The molecular formula is C6H14N2OS. The Hall–Kier alpha value is -0.220. The molecule has 0 aliphatic heterocycles. The summed E-state index contributed by atoms with van der Waals surface area (Å²) in [6.45, 7) is 1.48. The van der Waals surface area contributed by atoms with Gasteiger partial charge in [0.25, 0.3) is 0 Å². The molecule has 0 fully saturated rings. The van der Waals surface area contributed by atoms with Crippen molar-refractivity contribution in [2.24, 2.45) is 10.7 Å². The van der Waals surface area contributed by atoms with Gasteiger partial charge in [-0.2, -0.15) is 12.6 Å². The van der Waals surface area contributed by atoms with E-state index in [1.807, 2.05) is 0 Å². The summed E-state index contributed by atoms with van der Waals surface area (Å²) in [7, 11) is 1.67. The van der Waals surface area contributed by atoms with E-state index in [2.05, 4.69) is 17.6 Å². The first-order chi connectivity index (χ1) is 4.81. The van der Waals surface area contributed by atoms with E-state index in [9.17, 15) is 0 Å². The number of hydrogen-bond acceptors (Lipinski definition) is 3. The minimum Gasteiger partial charge on any atom is -0.387 e. The van der Waals surface area contributed by atoms with E-state index in [0.717, 1.165) is 19.6 Å². The molecule has 0 aromatic rings. The predicted molar refractivity (Wildman–Crippen MR) is 46.8 cm³/mol. The number of amidine groups is 1. The van der Waals surface area contributed by atoms with Gasteiger partial charge in [-0.15, -0.1) is 0 Å². The maximum atomic E-state index is 5.39. The van der Waals surface area contributed by atoms with Gasteiger partial charge in [0.1, 0.15) is 5.84 Å². The number of aliphatic imine (C=N–C) groups is 1. The van der Waals surface area contributed by atoms with Crippen LogP contribution in [0.5, 0.6) is 0 Å². The lowest BCUT2D eigenvalue weighted by Gasteiger charge is -1.95. The van der Waals surface area contributed by atoms with Crippen molar-refractivity contribution in [3.05, 3.63) is 0 Å². The van der Waals surface area contributed by atoms with Crippen LogP contribution < -0.4 is 5.73 Å². The molecule has 0 saturated heterocycles. The first-order valence-corrected chi connectivity index (χ1v) is 3.83. The van der Waals surface area contributed by atoms with E-state index in [4.69, 9.17) is 10.5 Å². The van der Waals surface area contributed by atoms with Gasteiger partial charge in [0, 0.05) is 26.0 Å². The van der Waals surface area contributed by atoms with Crippen LogP contribution in [-0.4, -0.2) is 31.8 Å². The summed E-state index contributed by atoms with van der Waals surface area (Å²) in [5.41, 5.74) is 5.39. The SMILES string of the molecule is COCCCN=C(N)CS. The second-order valence-electron chi connectivity index (χ2n) is 1.88. The number of nitrogens with zero attached hydrogens (tertiary/aromatic N) is 1. The van der Waals surface area contributed by atoms with Gasteiger partial charge >= 0.3 is 0 Å². The zero-order valence-corrected chi connectivity index (χ0v) is 7.10. The molecule has 0 bridgehead atoms. The number of rotatable bonds is 5. The van der Waals surface area contributed by atoms with Crippen molar-refractivity contribution in [1.29, 1.82) is 0 Å². The average Bonchev–Trinajstić information content (AvgIpc) is 1.98. The minimum absolute atomic E-state index is 0.535. The second-order valence-corrected chi connectivity index (χ2v) is 2.19. The molecule has 0 aliphatic rings. The zero-order chi connectivity index (χ0) is 7.82. The zero-order valence-electron chi connectivity index (χ0n) is 6.21. The summed E-state index contributed by atoms with van der Waals surface area (Å²) in [5, 5.41) is 0. The third-order valence-electron chi connectivity index (χ3n) is 0.983. The third kappa shape index (κ3) is 5.91. The third-order valence-corrected chi connectivity index (χ3v) is 1.31. The van der Waals surface area contributed by atoms with Crippen LogP contribution in [0.25, 0.3) is 0 Å². The van der Waals surface area contributed by atoms with Gasteiger partial charge in [0.2, 0.25) is 0 Å². The van der Waals surface area contributed by atoms with E-state index in [1.54, 1.807) is 7.11 Å². The van der Waals surface area contributed by atoms with Crippen molar-refractivity contribution in [1.82, 2.24) is 0 Å². The van der Waals surface area contributed by atoms with Crippen molar-refractivity contribution in [3.63, 3.8) is 0 Å². The standard InChI is InChI=1S/C6H14N2OS/c1-9-4-2-3-8-6(7)5-10/h10H,2-5H2,1H3,(H2,7,8). The molecule has 0 atom stereocenters. The van der Waals surface area contributed by atoms with E-state index in [-0.39, 0.29) is 0 Å². The molecule has 2 N–H and O–H groups in total. The molecule has 0 unspecified atom stereocenters. The molecule has 0 amide bonds. The summed E-state index contributed by atoms with van der Waals surface area (Å²) in [6, 6.07) is 0. The summed E-state index contributed by atoms with van der Waals surface area (Å²) in [6.07, 6.45) is 0.922. The van der Waals surface area contributed by atoms with Crippen LogP contribution in [0.4, 0.5) is 0 Å².